The summed E-state index contributed by atoms with van der Waals surface area (Å²) in [4.78, 5) is 11.8. The Morgan fingerprint density at radius 3 is 2.50 bits per heavy atom. The molecule has 0 aliphatic carbocycles. The maximum absolute atomic E-state index is 11.8. The van der Waals surface area contributed by atoms with Crippen molar-refractivity contribution in [1.29, 1.82) is 0 Å². The van der Waals surface area contributed by atoms with Crippen molar-refractivity contribution in [3.05, 3.63) is 0 Å². The Kier molecular flexibility index (Phi) is 6.20. The number of amides is 1. The van der Waals surface area contributed by atoms with Crippen LogP contribution in [0.5, 0.6) is 0 Å². The maximum Gasteiger partial charge on any atom is 0.239 e. The molecule has 0 saturated heterocycles. The van der Waals surface area contributed by atoms with Crippen molar-refractivity contribution in [1.82, 2.24) is 10.6 Å². The lowest BCUT2D eigenvalue weighted by molar-refractivity contribution is -0.126. The van der Waals surface area contributed by atoms with Crippen molar-refractivity contribution < 1.29 is 4.79 Å². The second-order valence-electron chi connectivity index (χ2n) is 3.99. The number of hydrogen-bond acceptors (Lipinski definition) is 3. The van der Waals surface area contributed by atoms with Gasteiger partial charge in [0.1, 0.15) is 0 Å². The first-order valence-corrected chi connectivity index (χ1v) is 6.38. The van der Waals surface area contributed by atoms with Crippen molar-refractivity contribution in [3.8, 4) is 0 Å². The predicted octanol–water partition coefficient (Wildman–Crippen LogP) is 1.24. The molecule has 0 aliphatic rings. The molecule has 0 aliphatic heterocycles. The van der Waals surface area contributed by atoms with Gasteiger partial charge in [-0.2, -0.15) is 11.8 Å². The molecule has 0 bridgehead atoms. The lowest BCUT2D eigenvalue weighted by Crippen LogP contribution is -2.54. The molecule has 2 N–H and O–H groups in total. The van der Waals surface area contributed by atoms with Crippen LogP contribution in [0.15, 0.2) is 0 Å². The smallest absolute Gasteiger partial charge is 0.239 e. The Morgan fingerprint density at radius 1 is 1.50 bits per heavy atom. The Bertz CT molecular complexity index is 183. The summed E-state index contributed by atoms with van der Waals surface area (Å²) in [7, 11) is 0. The van der Waals surface area contributed by atoms with E-state index >= 15 is 0 Å². The number of likely N-dealkylation sites (N-methyl/N-ethyl adjacent to an activating group) is 1. The van der Waals surface area contributed by atoms with Crippen LogP contribution in [0.4, 0.5) is 0 Å². The molecule has 0 radical (unpaired) electrons. The molecule has 0 heterocycles. The Balaban J connectivity index is 4.05. The highest BCUT2D eigenvalue weighted by molar-refractivity contribution is 7.98. The number of hydrogen-bond donors (Lipinski definition) is 2. The first-order valence-electron chi connectivity index (χ1n) is 4.99. The van der Waals surface area contributed by atoms with Gasteiger partial charge in [-0.1, -0.05) is 6.92 Å². The molecule has 4 heteroatoms. The van der Waals surface area contributed by atoms with Crippen LogP contribution in [0.1, 0.15) is 27.7 Å². The van der Waals surface area contributed by atoms with Gasteiger partial charge < -0.3 is 10.6 Å². The molecule has 0 rings (SSSR count). The van der Waals surface area contributed by atoms with E-state index in [2.05, 4.69) is 10.6 Å². The van der Waals surface area contributed by atoms with Gasteiger partial charge >= 0.3 is 0 Å². The molecule has 1 unspecified atom stereocenters. The van der Waals surface area contributed by atoms with E-state index in [-0.39, 0.29) is 11.9 Å². The third kappa shape index (κ3) is 4.86. The fourth-order valence-corrected chi connectivity index (χ4v) is 1.80. The van der Waals surface area contributed by atoms with E-state index in [0.717, 1.165) is 12.3 Å². The molecular formula is C10H22N2OS. The van der Waals surface area contributed by atoms with E-state index in [9.17, 15) is 4.79 Å². The highest BCUT2D eigenvalue weighted by atomic mass is 32.2. The van der Waals surface area contributed by atoms with Crippen LogP contribution in [0, 0.1) is 0 Å². The molecule has 84 valence electrons. The lowest BCUT2D eigenvalue weighted by atomic mass is 10.0. The molecule has 1 amide bonds. The standard InChI is InChI=1S/C10H22N2OS/c1-6-11-10(3,4)9(13)12-8(2)7-14-5/h8,11H,6-7H2,1-5H3,(H,12,13). The van der Waals surface area contributed by atoms with Gasteiger partial charge in [0.15, 0.2) is 0 Å². The van der Waals surface area contributed by atoms with E-state index in [0.29, 0.717) is 0 Å². The number of rotatable bonds is 6. The van der Waals surface area contributed by atoms with Gasteiger partial charge in [0, 0.05) is 11.8 Å². The average molecular weight is 218 g/mol. The summed E-state index contributed by atoms with van der Waals surface area (Å²) in [6, 6.07) is 0.232. The minimum atomic E-state index is -0.471. The molecule has 0 aromatic carbocycles. The summed E-state index contributed by atoms with van der Waals surface area (Å²) >= 11 is 1.74. The van der Waals surface area contributed by atoms with Crippen molar-refractivity contribution in [2.24, 2.45) is 0 Å². The second kappa shape index (κ2) is 6.30. The first kappa shape index (κ1) is 13.8. The normalized spacial score (nSPS) is 13.8. The topological polar surface area (TPSA) is 41.1 Å². The zero-order valence-corrected chi connectivity index (χ0v) is 10.6. The Labute approximate surface area is 91.4 Å². The minimum absolute atomic E-state index is 0.0703. The summed E-state index contributed by atoms with van der Waals surface area (Å²) in [5.74, 6) is 1.02. The average Bonchev–Trinajstić information content (AvgIpc) is 2.04. The van der Waals surface area contributed by atoms with Crippen LogP contribution in [0.3, 0.4) is 0 Å². The maximum atomic E-state index is 11.8. The van der Waals surface area contributed by atoms with E-state index in [4.69, 9.17) is 0 Å². The number of carbonyl (C=O) groups excluding carboxylic acids is 1. The van der Waals surface area contributed by atoms with Gasteiger partial charge in [0.2, 0.25) is 5.91 Å². The number of carbonyl (C=O) groups is 1. The molecule has 0 saturated carbocycles. The molecule has 1 atom stereocenters. The summed E-state index contributed by atoms with van der Waals surface area (Å²) in [6.45, 7) is 8.63. The molecule has 0 spiro atoms. The quantitative estimate of drug-likeness (QED) is 0.705. The zero-order chi connectivity index (χ0) is 11.2. The Hall–Kier alpha value is -0.220. The van der Waals surface area contributed by atoms with E-state index in [1.54, 1.807) is 11.8 Å². The molecular weight excluding hydrogens is 196 g/mol. The van der Waals surface area contributed by atoms with Crippen LogP contribution in [0.2, 0.25) is 0 Å². The third-order valence-electron chi connectivity index (χ3n) is 1.98. The SMILES string of the molecule is CCNC(C)(C)C(=O)NC(C)CSC. The summed E-state index contributed by atoms with van der Waals surface area (Å²) < 4.78 is 0. The number of nitrogens with one attached hydrogen (secondary N) is 2. The van der Waals surface area contributed by atoms with Crippen LogP contribution in [-0.4, -0.2) is 36.0 Å². The van der Waals surface area contributed by atoms with Crippen LogP contribution < -0.4 is 10.6 Å². The van der Waals surface area contributed by atoms with Crippen molar-refractivity contribution >= 4 is 17.7 Å². The van der Waals surface area contributed by atoms with Crippen molar-refractivity contribution in [3.63, 3.8) is 0 Å². The fraction of sp³-hybridized carbons (Fsp3) is 0.900. The van der Waals surface area contributed by atoms with Gasteiger partial charge in [-0.3, -0.25) is 4.79 Å². The van der Waals surface area contributed by atoms with Gasteiger partial charge in [-0.15, -0.1) is 0 Å². The van der Waals surface area contributed by atoms with Crippen LogP contribution in [0.25, 0.3) is 0 Å². The molecule has 0 aromatic heterocycles. The third-order valence-corrected chi connectivity index (χ3v) is 2.81. The van der Waals surface area contributed by atoms with Crippen LogP contribution in [-0.2, 0) is 4.79 Å². The van der Waals surface area contributed by atoms with Crippen molar-refractivity contribution in [2.75, 3.05) is 18.6 Å². The van der Waals surface area contributed by atoms with Gasteiger partial charge in [0.05, 0.1) is 5.54 Å². The number of thioether (sulfide) groups is 1. The predicted molar refractivity (Wildman–Crippen MR) is 63.7 cm³/mol. The zero-order valence-electron chi connectivity index (χ0n) is 9.81. The summed E-state index contributed by atoms with van der Waals surface area (Å²) in [5, 5.41) is 6.13. The van der Waals surface area contributed by atoms with Gasteiger partial charge in [-0.05, 0) is 33.6 Å². The molecule has 14 heavy (non-hydrogen) atoms. The summed E-state index contributed by atoms with van der Waals surface area (Å²) in [5.41, 5.74) is -0.471. The van der Waals surface area contributed by atoms with E-state index in [1.165, 1.54) is 0 Å². The Morgan fingerprint density at radius 2 is 2.07 bits per heavy atom. The largest absolute Gasteiger partial charge is 0.351 e. The lowest BCUT2D eigenvalue weighted by Gasteiger charge is -2.26. The monoisotopic (exact) mass is 218 g/mol. The molecule has 3 nitrogen and oxygen atoms in total. The summed E-state index contributed by atoms with van der Waals surface area (Å²) in [6.07, 6.45) is 2.04. The second-order valence-corrected chi connectivity index (χ2v) is 4.90. The molecule has 0 fully saturated rings. The molecule has 0 aromatic rings. The van der Waals surface area contributed by atoms with Gasteiger partial charge in [0.25, 0.3) is 0 Å². The van der Waals surface area contributed by atoms with Crippen LogP contribution >= 0.6 is 11.8 Å². The fourth-order valence-electron chi connectivity index (χ4n) is 1.22. The van der Waals surface area contributed by atoms with Crippen molar-refractivity contribution in [2.45, 2.75) is 39.3 Å². The van der Waals surface area contributed by atoms with E-state index < -0.39 is 5.54 Å². The van der Waals surface area contributed by atoms with E-state index in [1.807, 2.05) is 34.0 Å². The minimum Gasteiger partial charge on any atom is -0.351 e. The highest BCUT2D eigenvalue weighted by Crippen LogP contribution is 2.03. The first-order chi connectivity index (χ1) is 6.44. The highest BCUT2D eigenvalue weighted by Gasteiger charge is 2.26. The van der Waals surface area contributed by atoms with Gasteiger partial charge in [-0.25, -0.2) is 0 Å².